The van der Waals surface area contributed by atoms with Gasteiger partial charge in [-0.1, -0.05) is 12.1 Å². The van der Waals surface area contributed by atoms with E-state index >= 15 is 0 Å². The molecule has 6 heteroatoms. The number of hydrogen-bond acceptors (Lipinski definition) is 5. The molecular weight excluding hydrogens is 308 g/mol. The molecule has 116 valence electrons. The molecule has 0 fully saturated rings. The molecule has 0 spiro atoms. The Labute approximate surface area is 138 Å². The van der Waals surface area contributed by atoms with Crippen LogP contribution in [0, 0.1) is 13.8 Å². The van der Waals surface area contributed by atoms with Crippen molar-refractivity contribution in [3.8, 4) is 11.3 Å². The number of nitrogens with one attached hydrogen (secondary N) is 1. The van der Waals surface area contributed by atoms with Crippen LogP contribution in [0.15, 0.2) is 42.0 Å². The Hall–Kier alpha value is -2.60. The van der Waals surface area contributed by atoms with Crippen LogP contribution in [0.4, 0.5) is 0 Å². The summed E-state index contributed by atoms with van der Waals surface area (Å²) in [7, 11) is 0. The fourth-order valence-corrected chi connectivity index (χ4v) is 2.74. The summed E-state index contributed by atoms with van der Waals surface area (Å²) >= 11 is 1.52. The summed E-state index contributed by atoms with van der Waals surface area (Å²) in [5, 5.41) is 13.8. The van der Waals surface area contributed by atoms with Crippen molar-refractivity contribution in [1.82, 2.24) is 20.5 Å². The van der Waals surface area contributed by atoms with E-state index in [9.17, 15) is 4.79 Å². The highest BCUT2D eigenvalue weighted by Gasteiger charge is 2.09. The van der Waals surface area contributed by atoms with Gasteiger partial charge in [-0.3, -0.25) is 4.79 Å². The van der Waals surface area contributed by atoms with Crippen molar-refractivity contribution in [3.63, 3.8) is 0 Å². The highest BCUT2D eigenvalue weighted by molar-refractivity contribution is 7.09. The van der Waals surface area contributed by atoms with Gasteiger partial charge in [-0.25, -0.2) is 4.98 Å². The number of aryl methyl sites for hydroxylation is 1. The lowest BCUT2D eigenvalue weighted by molar-refractivity contribution is 0.0951. The van der Waals surface area contributed by atoms with Gasteiger partial charge >= 0.3 is 0 Å². The van der Waals surface area contributed by atoms with E-state index in [2.05, 4.69) is 20.5 Å². The Kier molecular flexibility index (Phi) is 4.43. The second-order valence-corrected chi connectivity index (χ2v) is 6.17. The van der Waals surface area contributed by atoms with Gasteiger partial charge in [0.05, 0.1) is 18.4 Å². The van der Waals surface area contributed by atoms with Crippen LogP contribution < -0.4 is 5.32 Å². The van der Waals surface area contributed by atoms with Crippen molar-refractivity contribution in [2.75, 3.05) is 0 Å². The molecule has 0 radical (unpaired) electrons. The van der Waals surface area contributed by atoms with Crippen molar-refractivity contribution in [3.05, 3.63) is 63.7 Å². The number of carbonyl (C=O) groups excluding carboxylic acids is 1. The predicted molar refractivity (Wildman–Crippen MR) is 90.2 cm³/mol. The topological polar surface area (TPSA) is 67.8 Å². The van der Waals surface area contributed by atoms with E-state index in [1.807, 2.05) is 31.4 Å². The maximum Gasteiger partial charge on any atom is 0.251 e. The molecule has 0 saturated carbocycles. The third kappa shape index (κ3) is 3.43. The van der Waals surface area contributed by atoms with Gasteiger partial charge < -0.3 is 5.32 Å². The third-order valence-electron chi connectivity index (χ3n) is 3.66. The van der Waals surface area contributed by atoms with E-state index < -0.39 is 0 Å². The van der Waals surface area contributed by atoms with Crippen LogP contribution in [0.2, 0.25) is 0 Å². The normalized spacial score (nSPS) is 10.5. The van der Waals surface area contributed by atoms with Gasteiger partial charge in [-0.15, -0.1) is 11.3 Å². The zero-order valence-electron chi connectivity index (χ0n) is 12.9. The van der Waals surface area contributed by atoms with Crippen LogP contribution in [0.1, 0.15) is 26.5 Å². The van der Waals surface area contributed by atoms with Crippen LogP contribution >= 0.6 is 11.3 Å². The Morgan fingerprint density at radius 2 is 2.00 bits per heavy atom. The minimum atomic E-state index is -0.112. The smallest absolute Gasteiger partial charge is 0.251 e. The SMILES string of the molecule is Cc1cnnc(-c2ccc(C(=O)NCc3nccs3)cc2)c1C. The van der Waals surface area contributed by atoms with Gasteiger partial charge in [0.1, 0.15) is 5.01 Å². The summed E-state index contributed by atoms with van der Waals surface area (Å²) in [6.45, 7) is 4.47. The molecule has 0 atom stereocenters. The number of carbonyl (C=O) groups is 1. The van der Waals surface area contributed by atoms with Gasteiger partial charge in [0, 0.05) is 22.7 Å². The van der Waals surface area contributed by atoms with Crippen LogP contribution in [0.3, 0.4) is 0 Å². The van der Waals surface area contributed by atoms with E-state index in [0.29, 0.717) is 12.1 Å². The summed E-state index contributed by atoms with van der Waals surface area (Å²) < 4.78 is 0. The number of thiazole rings is 1. The molecule has 0 aliphatic rings. The summed E-state index contributed by atoms with van der Waals surface area (Å²) in [5.41, 5.74) is 4.61. The molecule has 1 amide bonds. The van der Waals surface area contributed by atoms with Crippen molar-refractivity contribution in [2.45, 2.75) is 20.4 Å². The molecule has 3 rings (SSSR count). The summed E-state index contributed by atoms with van der Waals surface area (Å²) in [4.78, 5) is 16.3. The van der Waals surface area contributed by atoms with Gasteiger partial charge in [0.2, 0.25) is 0 Å². The van der Waals surface area contributed by atoms with Gasteiger partial charge in [-0.2, -0.15) is 10.2 Å². The fourth-order valence-electron chi connectivity index (χ4n) is 2.18. The zero-order valence-corrected chi connectivity index (χ0v) is 13.7. The molecule has 3 aromatic rings. The molecule has 2 heterocycles. The molecule has 2 aromatic heterocycles. The average molecular weight is 324 g/mol. The predicted octanol–water partition coefficient (Wildman–Crippen LogP) is 3.15. The van der Waals surface area contributed by atoms with Gasteiger partial charge in [0.15, 0.2) is 0 Å². The van der Waals surface area contributed by atoms with Crippen LogP contribution in [-0.2, 0) is 6.54 Å². The molecule has 1 N–H and O–H groups in total. The molecule has 23 heavy (non-hydrogen) atoms. The number of hydrogen-bond donors (Lipinski definition) is 1. The Bertz CT molecular complexity index is 813. The summed E-state index contributed by atoms with van der Waals surface area (Å²) in [5.74, 6) is -0.112. The quantitative estimate of drug-likeness (QED) is 0.800. The average Bonchev–Trinajstić information content (AvgIpc) is 3.09. The first-order valence-corrected chi connectivity index (χ1v) is 8.09. The molecule has 5 nitrogen and oxygen atoms in total. The van der Waals surface area contributed by atoms with Crippen LogP contribution in [0.25, 0.3) is 11.3 Å². The van der Waals surface area contributed by atoms with Crippen molar-refractivity contribution >= 4 is 17.2 Å². The Morgan fingerprint density at radius 1 is 1.22 bits per heavy atom. The van der Waals surface area contributed by atoms with E-state index in [-0.39, 0.29) is 5.91 Å². The highest BCUT2D eigenvalue weighted by atomic mass is 32.1. The van der Waals surface area contributed by atoms with Crippen LogP contribution in [0.5, 0.6) is 0 Å². The lowest BCUT2D eigenvalue weighted by Crippen LogP contribution is -2.22. The molecule has 1 aromatic carbocycles. The van der Waals surface area contributed by atoms with Gasteiger partial charge in [0.25, 0.3) is 5.91 Å². The first-order chi connectivity index (χ1) is 11.1. The standard InChI is InChI=1S/C17H16N4OS/c1-11-9-20-21-16(12(11)2)13-3-5-14(6-4-13)17(22)19-10-15-18-7-8-23-15/h3-9H,10H2,1-2H3,(H,19,22). The number of aromatic nitrogens is 3. The molecular formula is C17H16N4OS. The number of amides is 1. The number of nitrogens with zero attached hydrogens (tertiary/aromatic N) is 3. The lowest BCUT2D eigenvalue weighted by Gasteiger charge is -2.08. The van der Waals surface area contributed by atoms with E-state index in [0.717, 1.165) is 27.4 Å². The molecule has 0 saturated heterocycles. The first-order valence-electron chi connectivity index (χ1n) is 7.21. The van der Waals surface area contributed by atoms with E-state index in [1.54, 1.807) is 24.5 Å². The van der Waals surface area contributed by atoms with E-state index in [4.69, 9.17) is 0 Å². The largest absolute Gasteiger partial charge is 0.346 e. The molecule has 0 aliphatic heterocycles. The first kappa shape index (κ1) is 15.3. The van der Waals surface area contributed by atoms with Gasteiger partial charge in [-0.05, 0) is 37.1 Å². The number of benzene rings is 1. The molecule has 0 bridgehead atoms. The second kappa shape index (κ2) is 6.66. The third-order valence-corrected chi connectivity index (χ3v) is 4.44. The highest BCUT2D eigenvalue weighted by Crippen LogP contribution is 2.22. The summed E-state index contributed by atoms with van der Waals surface area (Å²) in [6, 6.07) is 7.40. The van der Waals surface area contributed by atoms with Crippen LogP contribution in [-0.4, -0.2) is 21.1 Å². The molecule has 0 aliphatic carbocycles. The second-order valence-electron chi connectivity index (χ2n) is 5.19. The van der Waals surface area contributed by atoms with Crippen molar-refractivity contribution in [1.29, 1.82) is 0 Å². The number of rotatable bonds is 4. The Balaban J connectivity index is 1.74. The van der Waals surface area contributed by atoms with Crippen molar-refractivity contribution < 1.29 is 4.79 Å². The maximum atomic E-state index is 12.1. The summed E-state index contributed by atoms with van der Waals surface area (Å²) in [6.07, 6.45) is 3.48. The van der Waals surface area contributed by atoms with Crippen molar-refractivity contribution in [2.24, 2.45) is 0 Å². The minimum absolute atomic E-state index is 0.112. The zero-order chi connectivity index (χ0) is 16.2. The molecule has 0 unspecified atom stereocenters. The Morgan fingerprint density at radius 3 is 2.70 bits per heavy atom. The maximum absolute atomic E-state index is 12.1. The van der Waals surface area contributed by atoms with E-state index in [1.165, 1.54) is 11.3 Å². The fraction of sp³-hybridized carbons (Fsp3) is 0.176. The minimum Gasteiger partial charge on any atom is -0.346 e. The lowest BCUT2D eigenvalue weighted by atomic mass is 10.0. The monoisotopic (exact) mass is 324 g/mol.